The molecule has 0 amide bonds. The topological polar surface area (TPSA) is 57.2 Å². The van der Waals surface area contributed by atoms with Crippen LogP contribution in [-0.4, -0.2) is 17.6 Å². The molecule has 0 aliphatic heterocycles. The zero-order chi connectivity index (χ0) is 19.4. The maximum atomic E-state index is 11.5. The zero-order valence-electron chi connectivity index (χ0n) is 16.3. The van der Waals surface area contributed by atoms with Crippen LogP contribution in [-0.2, 0) is 16.0 Å². The molecule has 2 aliphatic carbocycles. The van der Waals surface area contributed by atoms with E-state index in [1.54, 1.807) is 6.08 Å². The maximum Gasteiger partial charge on any atom is 0.330 e. The van der Waals surface area contributed by atoms with Crippen molar-refractivity contribution in [2.75, 3.05) is 7.11 Å². The molecule has 27 heavy (non-hydrogen) atoms. The highest BCUT2D eigenvalue weighted by atomic mass is 127. The molecule has 0 spiro atoms. The monoisotopic (exact) mass is 480 g/mol. The molecule has 1 saturated carbocycles. The van der Waals surface area contributed by atoms with E-state index in [-0.39, 0.29) is 5.97 Å². The van der Waals surface area contributed by atoms with E-state index in [9.17, 15) is 4.79 Å². The van der Waals surface area contributed by atoms with Crippen LogP contribution in [0.2, 0.25) is 0 Å². The molecule has 4 nitrogen and oxygen atoms in total. The molecule has 0 bridgehead atoms. The van der Waals surface area contributed by atoms with E-state index in [0.29, 0.717) is 6.04 Å². The third-order valence-corrected chi connectivity index (χ3v) is 6.49. The Morgan fingerprint density at radius 3 is 2.63 bits per heavy atom. The Hall–Kier alpha value is -1.50. The fourth-order valence-corrected chi connectivity index (χ4v) is 5.05. The lowest BCUT2D eigenvalue weighted by Crippen LogP contribution is -2.17. The summed E-state index contributed by atoms with van der Waals surface area (Å²) in [7, 11) is 1.43. The molecule has 2 aliphatic rings. The van der Waals surface area contributed by atoms with Gasteiger partial charge in [-0.15, -0.1) is 0 Å². The van der Waals surface area contributed by atoms with Gasteiger partial charge in [-0.3, -0.25) is 0 Å². The van der Waals surface area contributed by atoms with Crippen molar-refractivity contribution in [2.45, 2.75) is 64.3 Å². The number of carbonyl (C=O) groups excluding carboxylic acids is 1. The quantitative estimate of drug-likeness (QED) is 0.271. The van der Waals surface area contributed by atoms with Gasteiger partial charge < -0.3 is 15.0 Å². The summed E-state index contributed by atoms with van der Waals surface area (Å²) < 4.78 is 8.48. The minimum absolute atomic E-state index is 0.239. The van der Waals surface area contributed by atoms with Crippen molar-refractivity contribution in [3.05, 3.63) is 50.4 Å². The average Bonchev–Trinajstić information content (AvgIpc) is 3.00. The Balaban J connectivity index is 1.87. The molecule has 1 aromatic heterocycles. The standard InChI is InChI=1S/C22H29IN2O2/c1-15-5-3-4-6-19(24)22-18(23)14-25(20(22)12-7-15)17-10-8-16(9-11-17)13-21(26)27-2/h5-6,13-14,17H,3-4,7-12,24H2,1-2H3/b15-5+,16-13?,19-6+. The highest BCUT2D eigenvalue weighted by molar-refractivity contribution is 14.1. The summed E-state index contributed by atoms with van der Waals surface area (Å²) in [5, 5.41) is 0. The van der Waals surface area contributed by atoms with Crippen LogP contribution >= 0.6 is 22.6 Å². The van der Waals surface area contributed by atoms with Crippen LogP contribution in [0.1, 0.15) is 69.2 Å². The number of methoxy groups -OCH3 is 1. The number of halogens is 1. The third kappa shape index (κ3) is 4.86. The van der Waals surface area contributed by atoms with Crippen molar-refractivity contribution in [1.29, 1.82) is 0 Å². The van der Waals surface area contributed by atoms with Crippen molar-refractivity contribution in [1.82, 2.24) is 4.57 Å². The van der Waals surface area contributed by atoms with E-state index in [1.807, 2.05) is 0 Å². The number of nitrogens with zero attached hydrogens (tertiary/aromatic N) is 1. The van der Waals surface area contributed by atoms with Gasteiger partial charge in [-0.2, -0.15) is 0 Å². The molecule has 0 saturated heterocycles. The second kappa shape index (κ2) is 9.13. The first-order valence-corrected chi connectivity index (χ1v) is 10.9. The summed E-state index contributed by atoms with van der Waals surface area (Å²) in [4.78, 5) is 11.5. The largest absolute Gasteiger partial charge is 0.466 e. The number of fused-ring (bicyclic) bond motifs is 1. The fraction of sp³-hybridized carbons (Fsp3) is 0.500. The fourth-order valence-electron chi connectivity index (χ4n) is 4.13. The van der Waals surface area contributed by atoms with Gasteiger partial charge in [-0.1, -0.05) is 23.3 Å². The van der Waals surface area contributed by atoms with E-state index in [2.05, 4.69) is 52.4 Å². The summed E-state index contributed by atoms with van der Waals surface area (Å²) >= 11 is 2.43. The Bertz CT molecular complexity index is 791. The van der Waals surface area contributed by atoms with Gasteiger partial charge in [0.2, 0.25) is 0 Å². The Kier molecular flexibility index (Phi) is 6.84. The smallest absolute Gasteiger partial charge is 0.330 e. The second-order valence-corrected chi connectivity index (χ2v) is 8.71. The summed E-state index contributed by atoms with van der Waals surface area (Å²) in [5.74, 6) is -0.239. The summed E-state index contributed by atoms with van der Waals surface area (Å²) in [6.07, 6.45) is 16.7. The predicted molar refractivity (Wildman–Crippen MR) is 118 cm³/mol. The minimum Gasteiger partial charge on any atom is -0.466 e. The molecule has 0 atom stereocenters. The molecule has 1 fully saturated rings. The van der Waals surface area contributed by atoms with Crippen LogP contribution in [0.15, 0.2) is 35.6 Å². The molecule has 1 heterocycles. The van der Waals surface area contributed by atoms with Gasteiger partial charge in [-0.05, 0) is 80.9 Å². The number of ether oxygens (including phenoxy) is 1. The molecule has 0 radical (unpaired) electrons. The van der Waals surface area contributed by atoms with Crippen LogP contribution in [0.3, 0.4) is 0 Å². The van der Waals surface area contributed by atoms with Gasteiger partial charge in [0.05, 0.1) is 7.11 Å². The van der Waals surface area contributed by atoms with Gasteiger partial charge in [0.25, 0.3) is 0 Å². The number of nitrogens with two attached hydrogens (primary N) is 1. The van der Waals surface area contributed by atoms with E-state index >= 15 is 0 Å². The number of carbonyl (C=O) groups is 1. The first-order valence-electron chi connectivity index (χ1n) is 9.77. The van der Waals surface area contributed by atoms with E-state index < -0.39 is 0 Å². The van der Waals surface area contributed by atoms with Gasteiger partial charge in [0.15, 0.2) is 0 Å². The molecule has 0 aromatic carbocycles. The lowest BCUT2D eigenvalue weighted by molar-refractivity contribution is -0.134. The molecule has 1 aromatic rings. The first-order chi connectivity index (χ1) is 13.0. The Labute approximate surface area is 175 Å². The lowest BCUT2D eigenvalue weighted by Gasteiger charge is -2.27. The van der Waals surface area contributed by atoms with Crippen molar-refractivity contribution in [3.63, 3.8) is 0 Å². The normalized spacial score (nSPS) is 24.9. The maximum absolute atomic E-state index is 11.5. The highest BCUT2D eigenvalue weighted by Crippen LogP contribution is 2.37. The number of aromatic nitrogens is 1. The van der Waals surface area contributed by atoms with Gasteiger partial charge in [-0.25, -0.2) is 4.79 Å². The number of rotatable bonds is 2. The zero-order valence-corrected chi connectivity index (χ0v) is 18.4. The van der Waals surface area contributed by atoms with Crippen molar-refractivity contribution < 1.29 is 9.53 Å². The number of esters is 1. The Morgan fingerprint density at radius 2 is 1.93 bits per heavy atom. The van der Waals surface area contributed by atoms with Crippen LogP contribution < -0.4 is 5.73 Å². The van der Waals surface area contributed by atoms with Crippen molar-refractivity contribution in [3.8, 4) is 0 Å². The summed E-state index contributed by atoms with van der Waals surface area (Å²) in [6, 6.07) is 0.470. The van der Waals surface area contributed by atoms with E-state index in [4.69, 9.17) is 10.5 Å². The van der Waals surface area contributed by atoms with Gasteiger partial charge >= 0.3 is 5.97 Å². The molecular weight excluding hydrogens is 451 g/mol. The van der Waals surface area contributed by atoms with Crippen molar-refractivity contribution >= 4 is 34.3 Å². The second-order valence-electron chi connectivity index (χ2n) is 7.55. The molecule has 3 rings (SSSR count). The number of hydrogen-bond donors (Lipinski definition) is 1. The molecule has 5 heteroatoms. The summed E-state index contributed by atoms with van der Waals surface area (Å²) in [5.41, 5.74) is 12.7. The van der Waals surface area contributed by atoms with Crippen LogP contribution in [0.4, 0.5) is 0 Å². The lowest BCUT2D eigenvalue weighted by atomic mass is 9.90. The SMILES string of the molecule is COC(=O)C=C1CCC(n2cc(I)c3c2CC/C(C)=C/CC/C=C\3N)CC1. The van der Waals surface area contributed by atoms with Crippen LogP contribution in [0.25, 0.3) is 5.70 Å². The Morgan fingerprint density at radius 1 is 1.22 bits per heavy atom. The average molecular weight is 480 g/mol. The first kappa shape index (κ1) is 20.2. The molecule has 146 valence electrons. The molecular formula is C22H29IN2O2. The highest BCUT2D eigenvalue weighted by Gasteiger charge is 2.24. The number of allylic oxidation sites excluding steroid dienone is 4. The van der Waals surface area contributed by atoms with Crippen LogP contribution in [0, 0.1) is 3.57 Å². The third-order valence-electron chi connectivity index (χ3n) is 5.67. The van der Waals surface area contributed by atoms with Gasteiger partial charge in [0.1, 0.15) is 0 Å². The predicted octanol–water partition coefficient (Wildman–Crippen LogP) is 5.28. The van der Waals surface area contributed by atoms with Crippen molar-refractivity contribution in [2.24, 2.45) is 5.73 Å². The number of hydrogen-bond acceptors (Lipinski definition) is 3. The minimum atomic E-state index is -0.239. The van der Waals surface area contributed by atoms with Crippen LogP contribution in [0.5, 0.6) is 0 Å². The molecule has 2 N–H and O–H groups in total. The van der Waals surface area contributed by atoms with Gasteiger partial charge in [0, 0.05) is 38.8 Å². The molecule has 0 unspecified atom stereocenters. The van der Waals surface area contributed by atoms with E-state index in [0.717, 1.165) is 57.1 Å². The van der Waals surface area contributed by atoms with E-state index in [1.165, 1.54) is 33.1 Å². The summed E-state index contributed by atoms with van der Waals surface area (Å²) in [6.45, 7) is 2.23.